The molecule has 1 heterocycles. The highest BCUT2D eigenvalue weighted by molar-refractivity contribution is 7.90. The summed E-state index contributed by atoms with van der Waals surface area (Å²) in [6.07, 6.45) is 1.12. The van der Waals surface area contributed by atoms with Gasteiger partial charge in [0.05, 0.1) is 4.90 Å². The highest BCUT2D eigenvalue weighted by Crippen LogP contribution is 2.20. The fourth-order valence-electron chi connectivity index (χ4n) is 1.50. The highest BCUT2D eigenvalue weighted by atomic mass is 32.2. The van der Waals surface area contributed by atoms with E-state index in [1.54, 1.807) is 12.1 Å². The Balaban J connectivity index is 2.09. The fraction of sp³-hybridized carbons (Fsp3) is 0.250. The van der Waals surface area contributed by atoms with Crippen molar-refractivity contribution in [2.24, 2.45) is 0 Å². The normalized spacial score (nSPS) is 11.5. The van der Waals surface area contributed by atoms with Crippen LogP contribution < -0.4 is 0 Å². The molecule has 2 aromatic rings. The van der Waals surface area contributed by atoms with E-state index in [0.29, 0.717) is 5.56 Å². The topological polar surface area (TPSA) is 120 Å². The first-order chi connectivity index (χ1) is 9.86. The molecule has 0 atom stereocenters. The summed E-state index contributed by atoms with van der Waals surface area (Å²) in [7, 11) is -3.26. The Kier molecular flexibility index (Phi) is 4.34. The summed E-state index contributed by atoms with van der Waals surface area (Å²) in [4.78, 5) is 10.5. The summed E-state index contributed by atoms with van der Waals surface area (Å²) in [5.41, 5.74) is 0.555. The van der Waals surface area contributed by atoms with Gasteiger partial charge in [0.15, 0.2) is 9.84 Å². The number of aliphatic carboxylic acids is 1. The Labute approximate surface area is 120 Å². The van der Waals surface area contributed by atoms with Gasteiger partial charge in [-0.25, -0.2) is 13.2 Å². The number of carboxylic acid groups (broad SMARTS) is 1. The number of carbonyl (C=O) groups is 1. The van der Waals surface area contributed by atoms with Crippen LogP contribution in [-0.2, 0) is 26.0 Å². The van der Waals surface area contributed by atoms with E-state index in [1.165, 1.54) is 12.1 Å². The van der Waals surface area contributed by atoms with Crippen LogP contribution in [-0.4, -0.2) is 42.6 Å². The zero-order valence-corrected chi connectivity index (χ0v) is 11.8. The number of carboxylic acids is 1. The van der Waals surface area contributed by atoms with Crippen LogP contribution in [0.15, 0.2) is 33.6 Å². The van der Waals surface area contributed by atoms with Crippen molar-refractivity contribution in [2.75, 3.05) is 12.9 Å². The second-order valence-electron chi connectivity index (χ2n) is 4.18. The lowest BCUT2D eigenvalue weighted by atomic mass is 10.2. The maximum atomic E-state index is 11.3. The average molecular weight is 312 g/mol. The molecule has 0 saturated carbocycles. The van der Waals surface area contributed by atoms with Gasteiger partial charge < -0.3 is 14.3 Å². The third-order valence-corrected chi connectivity index (χ3v) is 3.58. The summed E-state index contributed by atoms with van der Waals surface area (Å²) >= 11 is 0. The molecule has 0 amide bonds. The van der Waals surface area contributed by atoms with Gasteiger partial charge in [0.2, 0.25) is 11.8 Å². The van der Waals surface area contributed by atoms with Gasteiger partial charge in [0.25, 0.3) is 0 Å². The molecule has 0 aliphatic rings. The summed E-state index contributed by atoms with van der Waals surface area (Å²) in [5.74, 6) is -0.756. The zero-order valence-electron chi connectivity index (χ0n) is 11.0. The van der Waals surface area contributed by atoms with Crippen molar-refractivity contribution >= 4 is 15.8 Å². The second-order valence-corrected chi connectivity index (χ2v) is 6.20. The molecule has 0 aliphatic carbocycles. The maximum absolute atomic E-state index is 11.3. The van der Waals surface area contributed by atoms with Crippen LogP contribution in [0.2, 0.25) is 0 Å². The van der Waals surface area contributed by atoms with Gasteiger partial charge in [-0.2, -0.15) is 0 Å². The minimum Gasteiger partial charge on any atom is -0.480 e. The molecule has 21 heavy (non-hydrogen) atoms. The van der Waals surface area contributed by atoms with Crippen molar-refractivity contribution in [3.05, 3.63) is 30.2 Å². The number of ether oxygens (including phenoxy) is 1. The standard InChI is InChI=1S/C12H12N2O6S/c1-21(17,18)9-4-2-8(3-5-9)12-14-13-10(20-12)6-19-7-11(15)16/h2-5H,6-7H2,1H3,(H,15,16). The maximum Gasteiger partial charge on any atom is 0.329 e. The van der Waals surface area contributed by atoms with E-state index in [1.807, 2.05) is 0 Å². The van der Waals surface area contributed by atoms with Crippen LogP contribution in [0.25, 0.3) is 11.5 Å². The van der Waals surface area contributed by atoms with E-state index in [2.05, 4.69) is 10.2 Å². The van der Waals surface area contributed by atoms with Crippen LogP contribution in [0.5, 0.6) is 0 Å². The molecule has 0 radical (unpaired) electrons. The Morgan fingerprint density at radius 1 is 1.29 bits per heavy atom. The molecule has 8 nitrogen and oxygen atoms in total. The zero-order chi connectivity index (χ0) is 15.5. The van der Waals surface area contributed by atoms with Gasteiger partial charge in [0.1, 0.15) is 13.2 Å². The first kappa shape index (κ1) is 15.1. The third kappa shape index (κ3) is 4.10. The van der Waals surface area contributed by atoms with Crippen LogP contribution in [0.4, 0.5) is 0 Å². The predicted octanol–water partition coefficient (Wildman–Crippen LogP) is 0.741. The van der Waals surface area contributed by atoms with Crippen molar-refractivity contribution in [2.45, 2.75) is 11.5 Å². The van der Waals surface area contributed by atoms with Crippen LogP contribution in [0.1, 0.15) is 5.89 Å². The molecule has 112 valence electrons. The quantitative estimate of drug-likeness (QED) is 0.829. The van der Waals surface area contributed by atoms with E-state index in [4.69, 9.17) is 14.3 Å². The molecule has 0 saturated heterocycles. The number of rotatable bonds is 6. The van der Waals surface area contributed by atoms with Gasteiger partial charge in [0, 0.05) is 11.8 Å². The molecular weight excluding hydrogens is 300 g/mol. The monoisotopic (exact) mass is 312 g/mol. The van der Waals surface area contributed by atoms with Crippen molar-refractivity contribution in [1.29, 1.82) is 0 Å². The minimum absolute atomic E-state index is 0.110. The number of hydrogen-bond donors (Lipinski definition) is 1. The number of nitrogens with zero attached hydrogens (tertiary/aromatic N) is 2. The Bertz CT molecular complexity index is 735. The second kappa shape index (κ2) is 6.02. The fourth-order valence-corrected chi connectivity index (χ4v) is 2.13. The van der Waals surface area contributed by atoms with Crippen molar-refractivity contribution in [1.82, 2.24) is 10.2 Å². The predicted molar refractivity (Wildman–Crippen MR) is 70.1 cm³/mol. The largest absolute Gasteiger partial charge is 0.480 e. The van der Waals surface area contributed by atoms with Crippen LogP contribution in [0.3, 0.4) is 0 Å². The highest BCUT2D eigenvalue weighted by Gasteiger charge is 2.11. The number of hydrogen-bond acceptors (Lipinski definition) is 7. The van der Waals surface area contributed by atoms with Gasteiger partial charge in [-0.1, -0.05) is 0 Å². The molecule has 1 aromatic heterocycles. The molecule has 0 spiro atoms. The Morgan fingerprint density at radius 3 is 2.52 bits per heavy atom. The summed E-state index contributed by atoms with van der Waals surface area (Å²) < 4.78 is 32.8. The molecular formula is C12H12N2O6S. The molecule has 9 heteroatoms. The molecule has 0 bridgehead atoms. The van der Waals surface area contributed by atoms with Gasteiger partial charge in [-0.15, -0.1) is 10.2 Å². The molecule has 1 aromatic carbocycles. The van der Waals surface area contributed by atoms with E-state index in [0.717, 1.165) is 6.26 Å². The molecule has 2 rings (SSSR count). The Hall–Kier alpha value is -2.26. The molecule has 0 aliphatic heterocycles. The lowest BCUT2D eigenvalue weighted by Crippen LogP contribution is -2.06. The lowest BCUT2D eigenvalue weighted by molar-refractivity contribution is -0.142. The average Bonchev–Trinajstić information content (AvgIpc) is 2.86. The number of benzene rings is 1. The van der Waals surface area contributed by atoms with Gasteiger partial charge in [-0.05, 0) is 24.3 Å². The van der Waals surface area contributed by atoms with Gasteiger partial charge >= 0.3 is 5.97 Å². The molecule has 1 N–H and O–H groups in total. The van der Waals surface area contributed by atoms with Crippen molar-refractivity contribution in [3.63, 3.8) is 0 Å². The molecule has 0 fully saturated rings. The summed E-state index contributed by atoms with van der Waals surface area (Å²) in [5, 5.41) is 15.9. The number of sulfone groups is 1. The van der Waals surface area contributed by atoms with Crippen LogP contribution >= 0.6 is 0 Å². The van der Waals surface area contributed by atoms with E-state index >= 15 is 0 Å². The van der Waals surface area contributed by atoms with E-state index in [9.17, 15) is 13.2 Å². The van der Waals surface area contributed by atoms with Crippen LogP contribution in [0, 0.1) is 0 Å². The van der Waals surface area contributed by atoms with E-state index in [-0.39, 0.29) is 23.3 Å². The molecule has 0 unspecified atom stereocenters. The minimum atomic E-state index is -3.26. The Morgan fingerprint density at radius 2 is 1.95 bits per heavy atom. The van der Waals surface area contributed by atoms with Crippen molar-refractivity contribution < 1.29 is 27.5 Å². The third-order valence-electron chi connectivity index (χ3n) is 2.45. The first-order valence-electron chi connectivity index (χ1n) is 5.78. The number of aromatic nitrogens is 2. The SMILES string of the molecule is CS(=O)(=O)c1ccc(-c2nnc(COCC(=O)O)o2)cc1. The lowest BCUT2D eigenvalue weighted by Gasteiger charge is -1.99. The summed E-state index contributed by atoms with van der Waals surface area (Å²) in [6, 6.07) is 5.97. The van der Waals surface area contributed by atoms with Gasteiger partial charge in [-0.3, -0.25) is 0 Å². The van der Waals surface area contributed by atoms with Crippen molar-refractivity contribution in [3.8, 4) is 11.5 Å². The smallest absolute Gasteiger partial charge is 0.329 e. The summed E-state index contributed by atoms with van der Waals surface area (Å²) in [6.45, 7) is -0.568. The first-order valence-corrected chi connectivity index (χ1v) is 7.68. The van der Waals surface area contributed by atoms with E-state index < -0.39 is 22.4 Å².